The average Bonchev–Trinajstić information content (AvgIpc) is 2.05. The lowest BCUT2D eigenvalue weighted by Gasteiger charge is -2.28. The summed E-state index contributed by atoms with van der Waals surface area (Å²) in [4.78, 5) is 0. The van der Waals surface area contributed by atoms with Crippen molar-refractivity contribution in [3.8, 4) is 0 Å². The van der Waals surface area contributed by atoms with E-state index in [9.17, 15) is 0 Å². The third-order valence-corrected chi connectivity index (χ3v) is 2.23. The van der Waals surface area contributed by atoms with Crippen LogP contribution in [-0.2, 0) is 0 Å². The Kier molecular flexibility index (Phi) is 2.50. The zero-order valence-corrected chi connectivity index (χ0v) is 8.99. The molecule has 0 aromatic heterocycles. The molecule has 0 spiro atoms. The Morgan fingerprint density at radius 3 is 2.25 bits per heavy atom. The lowest BCUT2D eigenvalue weighted by atomic mass is 10.0. The molecule has 2 nitrogen and oxygen atoms in total. The summed E-state index contributed by atoms with van der Waals surface area (Å²) in [5, 5.41) is 7.14. The van der Waals surface area contributed by atoms with Crippen molar-refractivity contribution in [1.29, 1.82) is 0 Å². The van der Waals surface area contributed by atoms with Gasteiger partial charge >= 0.3 is 0 Å². The van der Waals surface area contributed by atoms with Crippen LogP contribution < -0.4 is 10.6 Å². The van der Waals surface area contributed by atoms with Crippen molar-refractivity contribution in [3.63, 3.8) is 0 Å². The largest absolute Gasteiger partial charge is 0.297 e. The van der Waals surface area contributed by atoms with Crippen molar-refractivity contribution in [2.24, 2.45) is 0 Å². The summed E-state index contributed by atoms with van der Waals surface area (Å²) >= 11 is 0. The summed E-state index contributed by atoms with van der Waals surface area (Å²) < 4.78 is 0. The van der Waals surface area contributed by atoms with Gasteiger partial charge in [-0.2, -0.15) is 0 Å². The van der Waals surface area contributed by atoms with Gasteiger partial charge in [-0.15, -0.1) is 0 Å². The van der Waals surface area contributed by atoms with Gasteiger partial charge in [0.25, 0.3) is 0 Å². The van der Waals surface area contributed by atoms with Gasteiger partial charge in [-0.1, -0.05) is 0 Å². The molecule has 0 bridgehead atoms. The monoisotopic (exact) mass is 170 g/mol. The van der Waals surface area contributed by atoms with E-state index in [0.717, 1.165) is 0 Å². The Morgan fingerprint density at radius 1 is 1.33 bits per heavy atom. The van der Waals surface area contributed by atoms with Gasteiger partial charge in [0.15, 0.2) is 0 Å². The van der Waals surface area contributed by atoms with Crippen LogP contribution in [0.2, 0.25) is 0 Å². The maximum absolute atomic E-state index is 3.58. The molecule has 1 unspecified atom stereocenters. The molecule has 1 rings (SSSR count). The smallest absolute Gasteiger partial charge is 0.0580 e. The number of nitrogens with one attached hydrogen (secondary N) is 2. The van der Waals surface area contributed by atoms with Crippen LogP contribution in [0, 0.1) is 0 Å². The second kappa shape index (κ2) is 3.00. The molecule has 12 heavy (non-hydrogen) atoms. The number of hydrogen-bond acceptors (Lipinski definition) is 2. The van der Waals surface area contributed by atoms with Crippen molar-refractivity contribution < 1.29 is 0 Å². The topological polar surface area (TPSA) is 24.1 Å². The second-order valence-corrected chi connectivity index (χ2v) is 5.51. The van der Waals surface area contributed by atoms with Gasteiger partial charge in [0.05, 0.1) is 6.17 Å². The maximum Gasteiger partial charge on any atom is 0.0580 e. The molecule has 0 saturated carbocycles. The molecule has 1 saturated heterocycles. The summed E-state index contributed by atoms with van der Waals surface area (Å²) in [6.45, 7) is 11.1. The van der Waals surface area contributed by atoms with Crippen molar-refractivity contribution >= 4 is 0 Å². The van der Waals surface area contributed by atoms with Crippen molar-refractivity contribution in [3.05, 3.63) is 0 Å². The van der Waals surface area contributed by atoms with E-state index in [4.69, 9.17) is 0 Å². The molecule has 0 aromatic carbocycles. The molecule has 1 aliphatic heterocycles. The van der Waals surface area contributed by atoms with Crippen molar-refractivity contribution in [1.82, 2.24) is 10.6 Å². The fraction of sp³-hybridized carbons (Fsp3) is 1.00. The predicted octanol–water partition coefficient (Wildman–Crippen LogP) is 1.86. The molecule has 1 atom stereocenters. The SMILES string of the molecule is CC(C)(C)NC1CCC(C)(C)N1. The summed E-state index contributed by atoms with van der Waals surface area (Å²) in [5.74, 6) is 0. The quantitative estimate of drug-likeness (QED) is 0.627. The first-order valence-electron chi connectivity index (χ1n) is 4.84. The summed E-state index contributed by atoms with van der Waals surface area (Å²) in [5.41, 5.74) is 0.543. The Balaban J connectivity index is 2.39. The van der Waals surface area contributed by atoms with E-state index in [1.54, 1.807) is 0 Å². The van der Waals surface area contributed by atoms with E-state index in [0.29, 0.717) is 11.7 Å². The van der Waals surface area contributed by atoms with Crippen LogP contribution in [0.1, 0.15) is 47.5 Å². The Hall–Kier alpha value is -0.0800. The molecular formula is C10H22N2. The zero-order chi connectivity index (χ0) is 9.41. The molecule has 0 aliphatic carbocycles. The first-order chi connectivity index (χ1) is 5.29. The highest BCUT2D eigenvalue weighted by atomic mass is 15.2. The molecule has 1 aliphatic rings. The Morgan fingerprint density at radius 2 is 1.92 bits per heavy atom. The van der Waals surface area contributed by atoms with E-state index in [1.165, 1.54) is 12.8 Å². The van der Waals surface area contributed by atoms with Gasteiger partial charge in [-0.25, -0.2) is 0 Å². The molecular weight excluding hydrogens is 148 g/mol. The number of rotatable bonds is 1. The fourth-order valence-electron chi connectivity index (χ4n) is 1.75. The van der Waals surface area contributed by atoms with Crippen LogP contribution in [0.15, 0.2) is 0 Å². The predicted molar refractivity (Wildman–Crippen MR) is 53.1 cm³/mol. The summed E-state index contributed by atoms with van der Waals surface area (Å²) in [6, 6.07) is 0. The van der Waals surface area contributed by atoms with Crippen LogP contribution >= 0.6 is 0 Å². The molecule has 0 aromatic rings. The maximum atomic E-state index is 3.58. The van der Waals surface area contributed by atoms with E-state index < -0.39 is 0 Å². The van der Waals surface area contributed by atoms with Gasteiger partial charge in [-0.3, -0.25) is 10.6 Å². The Bertz CT molecular complexity index is 156. The molecule has 1 heterocycles. The zero-order valence-electron chi connectivity index (χ0n) is 8.99. The van der Waals surface area contributed by atoms with Gasteiger partial charge in [-0.05, 0) is 47.5 Å². The minimum atomic E-state index is 0.220. The van der Waals surface area contributed by atoms with Gasteiger partial charge < -0.3 is 0 Å². The van der Waals surface area contributed by atoms with Gasteiger partial charge in [0.1, 0.15) is 0 Å². The normalized spacial score (nSPS) is 29.2. The standard InChI is InChI=1S/C10H22N2/c1-9(2,3)11-8-6-7-10(4,5)12-8/h8,11-12H,6-7H2,1-5H3. The summed E-state index contributed by atoms with van der Waals surface area (Å²) in [6.07, 6.45) is 3.00. The highest BCUT2D eigenvalue weighted by molar-refractivity contribution is 4.91. The lowest BCUT2D eigenvalue weighted by Crippen LogP contribution is -2.51. The van der Waals surface area contributed by atoms with Crippen LogP contribution in [0.3, 0.4) is 0 Å². The van der Waals surface area contributed by atoms with Crippen LogP contribution in [0.25, 0.3) is 0 Å². The van der Waals surface area contributed by atoms with Gasteiger partial charge in [0.2, 0.25) is 0 Å². The third kappa shape index (κ3) is 3.11. The number of hydrogen-bond donors (Lipinski definition) is 2. The molecule has 0 radical (unpaired) electrons. The molecule has 2 N–H and O–H groups in total. The molecule has 72 valence electrons. The minimum Gasteiger partial charge on any atom is -0.297 e. The Labute approximate surface area is 76.1 Å². The van der Waals surface area contributed by atoms with E-state index in [2.05, 4.69) is 45.3 Å². The van der Waals surface area contributed by atoms with Crippen molar-refractivity contribution in [2.45, 2.75) is 64.7 Å². The fourth-order valence-corrected chi connectivity index (χ4v) is 1.75. The van der Waals surface area contributed by atoms with Crippen LogP contribution in [-0.4, -0.2) is 17.2 Å². The molecule has 1 fully saturated rings. The second-order valence-electron chi connectivity index (χ2n) is 5.51. The van der Waals surface area contributed by atoms with E-state index in [-0.39, 0.29) is 5.54 Å². The minimum absolute atomic E-state index is 0.220. The van der Waals surface area contributed by atoms with E-state index >= 15 is 0 Å². The summed E-state index contributed by atoms with van der Waals surface area (Å²) in [7, 11) is 0. The molecule has 0 amide bonds. The highest BCUT2D eigenvalue weighted by Crippen LogP contribution is 2.21. The highest BCUT2D eigenvalue weighted by Gasteiger charge is 2.31. The first-order valence-corrected chi connectivity index (χ1v) is 4.84. The average molecular weight is 170 g/mol. The molecule has 2 heteroatoms. The van der Waals surface area contributed by atoms with Crippen LogP contribution in [0.4, 0.5) is 0 Å². The first kappa shape index (κ1) is 10.0. The lowest BCUT2D eigenvalue weighted by molar-refractivity contribution is 0.316. The van der Waals surface area contributed by atoms with Gasteiger partial charge in [0, 0.05) is 11.1 Å². The van der Waals surface area contributed by atoms with E-state index in [1.807, 2.05) is 0 Å². The van der Waals surface area contributed by atoms with Crippen molar-refractivity contribution in [2.75, 3.05) is 0 Å². The van der Waals surface area contributed by atoms with Crippen LogP contribution in [0.5, 0.6) is 0 Å². The third-order valence-electron chi connectivity index (χ3n) is 2.23.